The highest BCUT2D eigenvalue weighted by molar-refractivity contribution is 5.80. The number of nitrogens with zero attached hydrogens (tertiary/aromatic N) is 2. The summed E-state index contributed by atoms with van der Waals surface area (Å²) in [5.74, 6) is 1.74. The maximum atomic E-state index is 11.2. The number of rotatable bonds is 9. The van der Waals surface area contributed by atoms with Gasteiger partial charge in [0.1, 0.15) is 0 Å². The molecule has 0 aromatic rings. The zero-order chi connectivity index (χ0) is 18.6. The lowest BCUT2D eigenvalue weighted by atomic mass is 9.95. The third-order valence-corrected chi connectivity index (χ3v) is 5.05. The van der Waals surface area contributed by atoms with Crippen LogP contribution in [0.15, 0.2) is 4.99 Å². The Labute approximate surface area is 157 Å². The van der Waals surface area contributed by atoms with E-state index in [0.29, 0.717) is 18.3 Å². The predicted molar refractivity (Wildman–Crippen MR) is 103 cm³/mol. The second-order valence-corrected chi connectivity index (χ2v) is 7.34. The molecule has 0 bridgehead atoms. The zero-order valence-electron chi connectivity index (χ0n) is 16.3. The number of carbonyl (C=O) groups is 1. The van der Waals surface area contributed by atoms with Gasteiger partial charge in [-0.05, 0) is 50.9 Å². The Kier molecular flexibility index (Phi) is 9.77. The molecule has 0 saturated carbocycles. The van der Waals surface area contributed by atoms with Crippen LogP contribution in [-0.2, 0) is 14.3 Å². The van der Waals surface area contributed by atoms with Gasteiger partial charge in [0.2, 0.25) is 5.91 Å². The number of amides is 1. The average Bonchev–Trinajstić information content (AvgIpc) is 2.64. The van der Waals surface area contributed by atoms with Crippen LogP contribution in [0.4, 0.5) is 0 Å². The molecule has 2 saturated heterocycles. The number of primary amides is 1. The van der Waals surface area contributed by atoms with Gasteiger partial charge in [-0.3, -0.25) is 9.79 Å². The molecule has 150 valence electrons. The van der Waals surface area contributed by atoms with Gasteiger partial charge >= 0.3 is 0 Å². The number of ether oxygens (including phenoxy) is 2. The van der Waals surface area contributed by atoms with Crippen LogP contribution in [0.2, 0.25) is 0 Å². The first-order chi connectivity index (χ1) is 12.7. The van der Waals surface area contributed by atoms with Crippen LogP contribution in [0.1, 0.15) is 45.4 Å². The fourth-order valence-corrected chi connectivity index (χ4v) is 3.65. The highest BCUT2D eigenvalue weighted by Gasteiger charge is 2.23. The average molecular weight is 369 g/mol. The molecule has 2 rings (SSSR count). The van der Waals surface area contributed by atoms with E-state index in [2.05, 4.69) is 17.1 Å². The van der Waals surface area contributed by atoms with E-state index in [0.717, 1.165) is 90.7 Å². The van der Waals surface area contributed by atoms with E-state index >= 15 is 0 Å². The Balaban J connectivity index is 1.68. The van der Waals surface area contributed by atoms with Crippen molar-refractivity contribution < 1.29 is 14.3 Å². The second kappa shape index (κ2) is 12.1. The lowest BCUT2D eigenvalue weighted by Crippen LogP contribution is -2.47. The summed E-state index contributed by atoms with van der Waals surface area (Å²) in [4.78, 5) is 18.2. The Morgan fingerprint density at radius 1 is 1.31 bits per heavy atom. The minimum atomic E-state index is -0.208. The molecular weight excluding hydrogens is 332 g/mol. The Bertz CT molecular complexity index is 439. The lowest BCUT2D eigenvalue weighted by Gasteiger charge is -2.34. The smallest absolute Gasteiger partial charge is 0.217 e. The largest absolute Gasteiger partial charge is 0.381 e. The van der Waals surface area contributed by atoms with Gasteiger partial charge in [0, 0.05) is 59.0 Å². The van der Waals surface area contributed by atoms with Crippen LogP contribution >= 0.6 is 0 Å². The van der Waals surface area contributed by atoms with E-state index < -0.39 is 0 Å². The highest BCUT2D eigenvalue weighted by atomic mass is 16.5. The topological polar surface area (TPSA) is 89.2 Å². The van der Waals surface area contributed by atoms with Gasteiger partial charge in [0.25, 0.3) is 0 Å². The predicted octanol–water partition coefficient (Wildman–Crippen LogP) is 1.37. The van der Waals surface area contributed by atoms with Crippen LogP contribution in [0.3, 0.4) is 0 Å². The lowest BCUT2D eigenvalue weighted by molar-refractivity contribution is -0.119. The van der Waals surface area contributed by atoms with Gasteiger partial charge in [-0.25, -0.2) is 0 Å². The number of likely N-dealkylation sites (tertiary alicyclic amines) is 1. The molecule has 7 heteroatoms. The number of aliphatic imine (C=N–C) groups is 1. The van der Waals surface area contributed by atoms with Crippen molar-refractivity contribution in [3.63, 3.8) is 0 Å². The molecule has 2 aliphatic rings. The molecule has 0 aromatic heterocycles. The molecule has 0 radical (unpaired) electrons. The first-order valence-corrected chi connectivity index (χ1v) is 10.2. The van der Waals surface area contributed by atoms with Crippen molar-refractivity contribution in [1.82, 2.24) is 10.2 Å². The normalized spacial score (nSPS) is 22.4. The van der Waals surface area contributed by atoms with Crippen molar-refractivity contribution in [3.8, 4) is 0 Å². The van der Waals surface area contributed by atoms with Gasteiger partial charge in [-0.1, -0.05) is 0 Å². The van der Waals surface area contributed by atoms with Crippen LogP contribution in [0.25, 0.3) is 0 Å². The third-order valence-electron chi connectivity index (χ3n) is 5.05. The molecule has 1 atom stereocenters. The fraction of sp³-hybridized carbons (Fsp3) is 0.895. The van der Waals surface area contributed by atoms with Crippen molar-refractivity contribution in [2.45, 2.75) is 45.4 Å². The van der Waals surface area contributed by atoms with Crippen molar-refractivity contribution in [2.24, 2.45) is 22.6 Å². The summed E-state index contributed by atoms with van der Waals surface area (Å²) in [5, 5.41) is 3.37. The molecule has 1 amide bonds. The number of nitrogens with two attached hydrogens (primary N) is 1. The quantitative estimate of drug-likeness (QED) is 0.364. The van der Waals surface area contributed by atoms with Gasteiger partial charge in [0.05, 0.1) is 0 Å². The summed E-state index contributed by atoms with van der Waals surface area (Å²) in [6.45, 7) is 8.86. The first-order valence-electron chi connectivity index (χ1n) is 10.2. The van der Waals surface area contributed by atoms with E-state index in [9.17, 15) is 4.79 Å². The van der Waals surface area contributed by atoms with E-state index in [1.165, 1.54) is 0 Å². The third kappa shape index (κ3) is 7.91. The summed E-state index contributed by atoms with van der Waals surface area (Å²) in [7, 11) is 0. The summed E-state index contributed by atoms with van der Waals surface area (Å²) >= 11 is 0. The Hall–Kier alpha value is -1.34. The number of hydrogen-bond donors (Lipinski definition) is 2. The van der Waals surface area contributed by atoms with Crippen LogP contribution < -0.4 is 11.1 Å². The molecule has 3 N–H and O–H groups in total. The molecule has 2 fully saturated rings. The summed E-state index contributed by atoms with van der Waals surface area (Å²) < 4.78 is 11.2. The van der Waals surface area contributed by atoms with Gasteiger partial charge < -0.3 is 25.4 Å². The number of carbonyl (C=O) groups excluding carboxylic acids is 1. The number of piperidine rings is 1. The second-order valence-electron chi connectivity index (χ2n) is 7.34. The van der Waals surface area contributed by atoms with E-state index in [1.807, 2.05) is 0 Å². The van der Waals surface area contributed by atoms with Crippen LogP contribution in [0, 0.1) is 11.8 Å². The minimum absolute atomic E-state index is 0.208. The minimum Gasteiger partial charge on any atom is -0.381 e. The van der Waals surface area contributed by atoms with E-state index in [-0.39, 0.29) is 5.91 Å². The van der Waals surface area contributed by atoms with Crippen LogP contribution in [-0.4, -0.2) is 69.4 Å². The SMILES string of the molecule is CCNC(=NCCCOCC1CCOCC1)N1CCCC(CC(N)=O)C1. The monoisotopic (exact) mass is 368 g/mol. The summed E-state index contributed by atoms with van der Waals surface area (Å²) in [6.07, 6.45) is 5.77. The standard InChI is InChI=1S/C19H36N4O3/c1-2-21-19(23-9-3-5-17(14-23)13-18(20)24)22-8-4-10-26-15-16-6-11-25-12-7-16/h16-17H,2-15H2,1H3,(H2,20,24)(H,21,22). The Morgan fingerprint density at radius 2 is 2.12 bits per heavy atom. The number of hydrogen-bond acceptors (Lipinski definition) is 4. The molecule has 0 aromatic carbocycles. The van der Waals surface area contributed by atoms with Crippen molar-refractivity contribution in [3.05, 3.63) is 0 Å². The molecule has 2 heterocycles. The number of guanidine groups is 1. The van der Waals surface area contributed by atoms with E-state index in [1.54, 1.807) is 0 Å². The molecule has 0 spiro atoms. The molecule has 0 aliphatic carbocycles. The van der Waals surface area contributed by atoms with Crippen LogP contribution in [0.5, 0.6) is 0 Å². The van der Waals surface area contributed by atoms with E-state index in [4.69, 9.17) is 20.2 Å². The Morgan fingerprint density at radius 3 is 2.85 bits per heavy atom. The summed E-state index contributed by atoms with van der Waals surface area (Å²) in [5.41, 5.74) is 5.36. The maximum absolute atomic E-state index is 11.2. The maximum Gasteiger partial charge on any atom is 0.217 e. The molecule has 26 heavy (non-hydrogen) atoms. The molecule has 1 unspecified atom stereocenters. The fourth-order valence-electron chi connectivity index (χ4n) is 3.65. The van der Waals surface area contributed by atoms with Crippen molar-refractivity contribution in [1.29, 1.82) is 0 Å². The zero-order valence-corrected chi connectivity index (χ0v) is 16.3. The molecule has 2 aliphatic heterocycles. The van der Waals surface area contributed by atoms with Gasteiger partial charge in [0.15, 0.2) is 5.96 Å². The van der Waals surface area contributed by atoms with Gasteiger partial charge in [-0.2, -0.15) is 0 Å². The first kappa shape index (κ1) is 21.0. The molecule has 7 nitrogen and oxygen atoms in total. The highest BCUT2D eigenvalue weighted by Crippen LogP contribution is 2.19. The molecular formula is C19H36N4O3. The van der Waals surface area contributed by atoms with Gasteiger partial charge in [-0.15, -0.1) is 0 Å². The van der Waals surface area contributed by atoms with Crippen molar-refractivity contribution >= 4 is 11.9 Å². The van der Waals surface area contributed by atoms with Crippen molar-refractivity contribution in [2.75, 3.05) is 52.6 Å². The number of nitrogens with one attached hydrogen (secondary N) is 1. The summed E-state index contributed by atoms with van der Waals surface area (Å²) in [6, 6.07) is 0.